The first-order valence-electron chi connectivity index (χ1n) is 3.91. The lowest BCUT2D eigenvalue weighted by Gasteiger charge is -2.07. The third-order valence-electron chi connectivity index (χ3n) is 1.86. The Morgan fingerprint density at radius 2 is 2.38 bits per heavy atom. The van der Waals surface area contributed by atoms with Crippen molar-refractivity contribution in [3.63, 3.8) is 0 Å². The summed E-state index contributed by atoms with van der Waals surface area (Å²) >= 11 is 0. The standard InChI is InChI=1S/C8H12N2O2.BrH/c1-3-10-7(4-5-9-10)6(2)8(11)12;/h4-6H,3H2,1-2H3,(H,11,12);1H. The number of hydrogen-bond donors (Lipinski definition) is 1. The van der Waals surface area contributed by atoms with E-state index >= 15 is 0 Å². The molecule has 4 nitrogen and oxygen atoms in total. The zero-order valence-corrected chi connectivity index (χ0v) is 9.31. The number of carboxylic acids is 1. The van der Waals surface area contributed by atoms with Gasteiger partial charge in [0.15, 0.2) is 0 Å². The van der Waals surface area contributed by atoms with Crippen LogP contribution in [0, 0.1) is 0 Å². The normalized spacial score (nSPS) is 11.8. The summed E-state index contributed by atoms with van der Waals surface area (Å²) < 4.78 is 1.69. The molecule has 0 fully saturated rings. The molecule has 1 heterocycles. The number of nitrogens with zero attached hydrogens (tertiary/aromatic N) is 2. The predicted octanol–water partition coefficient (Wildman–Crippen LogP) is 1.67. The van der Waals surface area contributed by atoms with Gasteiger partial charge in [0.2, 0.25) is 0 Å². The van der Waals surface area contributed by atoms with Crippen LogP contribution in [0.2, 0.25) is 0 Å². The minimum Gasteiger partial charge on any atom is -0.481 e. The van der Waals surface area contributed by atoms with Gasteiger partial charge < -0.3 is 5.11 Å². The second-order valence-corrected chi connectivity index (χ2v) is 2.63. The Hall–Kier alpha value is -0.840. The summed E-state index contributed by atoms with van der Waals surface area (Å²) in [5, 5.41) is 12.7. The van der Waals surface area contributed by atoms with E-state index in [2.05, 4.69) is 5.10 Å². The van der Waals surface area contributed by atoms with Crippen LogP contribution < -0.4 is 0 Å². The van der Waals surface area contributed by atoms with Gasteiger partial charge in [-0.15, -0.1) is 17.0 Å². The fourth-order valence-corrected chi connectivity index (χ4v) is 1.10. The van der Waals surface area contributed by atoms with Gasteiger partial charge in [-0.25, -0.2) is 0 Å². The largest absolute Gasteiger partial charge is 0.481 e. The maximum absolute atomic E-state index is 10.6. The van der Waals surface area contributed by atoms with Gasteiger partial charge in [0.1, 0.15) is 0 Å². The molecule has 0 saturated carbocycles. The van der Waals surface area contributed by atoms with E-state index in [1.165, 1.54) is 0 Å². The number of aryl methyl sites for hydroxylation is 1. The average molecular weight is 249 g/mol. The van der Waals surface area contributed by atoms with Crippen molar-refractivity contribution in [3.8, 4) is 0 Å². The van der Waals surface area contributed by atoms with Gasteiger partial charge in [-0.1, -0.05) is 0 Å². The molecule has 1 aromatic rings. The molecule has 0 bridgehead atoms. The highest BCUT2D eigenvalue weighted by molar-refractivity contribution is 8.93. The van der Waals surface area contributed by atoms with Crippen molar-refractivity contribution in [1.82, 2.24) is 9.78 Å². The summed E-state index contributed by atoms with van der Waals surface area (Å²) in [4.78, 5) is 10.6. The van der Waals surface area contributed by atoms with Crippen LogP contribution in [0.4, 0.5) is 0 Å². The van der Waals surface area contributed by atoms with Crippen molar-refractivity contribution in [2.45, 2.75) is 26.3 Å². The van der Waals surface area contributed by atoms with Gasteiger partial charge in [-0.3, -0.25) is 9.48 Å². The fourth-order valence-electron chi connectivity index (χ4n) is 1.10. The maximum Gasteiger partial charge on any atom is 0.312 e. The Morgan fingerprint density at radius 1 is 1.77 bits per heavy atom. The summed E-state index contributed by atoms with van der Waals surface area (Å²) in [5.41, 5.74) is 0.755. The van der Waals surface area contributed by atoms with Gasteiger partial charge in [0.25, 0.3) is 0 Å². The van der Waals surface area contributed by atoms with Crippen LogP contribution in [-0.4, -0.2) is 20.9 Å². The minimum absolute atomic E-state index is 0. The van der Waals surface area contributed by atoms with E-state index in [0.29, 0.717) is 6.54 Å². The lowest BCUT2D eigenvalue weighted by molar-refractivity contribution is -0.138. The molecule has 1 unspecified atom stereocenters. The molecule has 1 atom stereocenters. The second-order valence-electron chi connectivity index (χ2n) is 2.63. The van der Waals surface area contributed by atoms with Gasteiger partial charge in [-0.2, -0.15) is 5.10 Å². The highest BCUT2D eigenvalue weighted by Gasteiger charge is 2.16. The first-order valence-corrected chi connectivity index (χ1v) is 3.91. The van der Waals surface area contributed by atoms with Crippen molar-refractivity contribution in [2.75, 3.05) is 0 Å². The van der Waals surface area contributed by atoms with E-state index in [9.17, 15) is 4.79 Å². The lowest BCUT2D eigenvalue weighted by atomic mass is 10.1. The van der Waals surface area contributed by atoms with E-state index in [1.807, 2.05) is 6.92 Å². The molecule has 0 aliphatic rings. The van der Waals surface area contributed by atoms with E-state index in [0.717, 1.165) is 5.69 Å². The summed E-state index contributed by atoms with van der Waals surface area (Å²) in [7, 11) is 0. The van der Waals surface area contributed by atoms with Gasteiger partial charge in [-0.05, 0) is 19.9 Å². The van der Waals surface area contributed by atoms with Crippen LogP contribution in [0.1, 0.15) is 25.5 Å². The number of carboxylic acid groups (broad SMARTS) is 1. The molecule has 5 heteroatoms. The third kappa shape index (κ3) is 2.55. The predicted molar refractivity (Wildman–Crippen MR) is 54.3 cm³/mol. The molecule has 1 N–H and O–H groups in total. The highest BCUT2D eigenvalue weighted by Crippen LogP contribution is 2.14. The maximum atomic E-state index is 10.6. The van der Waals surface area contributed by atoms with Crippen LogP contribution in [0.3, 0.4) is 0 Å². The van der Waals surface area contributed by atoms with Crippen molar-refractivity contribution < 1.29 is 9.90 Å². The van der Waals surface area contributed by atoms with Crippen molar-refractivity contribution in [1.29, 1.82) is 0 Å². The summed E-state index contributed by atoms with van der Waals surface area (Å²) in [6.07, 6.45) is 1.62. The molecule has 74 valence electrons. The Morgan fingerprint density at radius 3 is 2.85 bits per heavy atom. The zero-order chi connectivity index (χ0) is 9.14. The molecular weight excluding hydrogens is 236 g/mol. The van der Waals surface area contributed by atoms with E-state index in [4.69, 9.17) is 5.11 Å². The minimum atomic E-state index is -0.815. The molecule has 1 rings (SSSR count). The molecule has 0 aliphatic carbocycles. The average Bonchev–Trinajstić information content (AvgIpc) is 2.49. The smallest absolute Gasteiger partial charge is 0.312 e. The highest BCUT2D eigenvalue weighted by atomic mass is 79.9. The molecule has 0 amide bonds. The van der Waals surface area contributed by atoms with Crippen molar-refractivity contribution in [2.24, 2.45) is 0 Å². The summed E-state index contributed by atoms with van der Waals surface area (Å²) in [6, 6.07) is 1.74. The number of hydrogen-bond acceptors (Lipinski definition) is 2. The molecule has 0 spiro atoms. The molecule has 0 aliphatic heterocycles. The van der Waals surface area contributed by atoms with Crippen molar-refractivity contribution >= 4 is 23.0 Å². The quantitative estimate of drug-likeness (QED) is 0.886. The number of aromatic nitrogens is 2. The summed E-state index contributed by atoms with van der Waals surface area (Å²) in [6.45, 7) is 4.30. The van der Waals surface area contributed by atoms with Gasteiger partial charge in [0.05, 0.1) is 11.6 Å². The first-order chi connectivity index (χ1) is 5.66. The number of halogens is 1. The number of rotatable bonds is 3. The Labute approximate surface area is 87.3 Å². The van der Waals surface area contributed by atoms with E-state index in [1.54, 1.807) is 23.9 Å². The molecule has 1 aromatic heterocycles. The molecule has 13 heavy (non-hydrogen) atoms. The third-order valence-corrected chi connectivity index (χ3v) is 1.86. The fraction of sp³-hybridized carbons (Fsp3) is 0.500. The Kier molecular flexibility index (Phi) is 4.69. The second kappa shape index (κ2) is 5.01. The number of aliphatic carboxylic acids is 1. The molecule has 0 radical (unpaired) electrons. The topological polar surface area (TPSA) is 55.1 Å². The first kappa shape index (κ1) is 12.2. The van der Waals surface area contributed by atoms with Crippen LogP contribution in [0.5, 0.6) is 0 Å². The zero-order valence-electron chi connectivity index (χ0n) is 7.60. The van der Waals surface area contributed by atoms with Gasteiger partial charge >= 0.3 is 5.97 Å². The number of carbonyl (C=O) groups is 1. The van der Waals surface area contributed by atoms with Crippen LogP contribution >= 0.6 is 17.0 Å². The van der Waals surface area contributed by atoms with Crippen LogP contribution in [-0.2, 0) is 11.3 Å². The molecule has 0 aromatic carbocycles. The monoisotopic (exact) mass is 248 g/mol. The molecular formula is C8H13BrN2O2. The molecule has 0 saturated heterocycles. The van der Waals surface area contributed by atoms with E-state index < -0.39 is 11.9 Å². The van der Waals surface area contributed by atoms with E-state index in [-0.39, 0.29) is 17.0 Å². The summed E-state index contributed by atoms with van der Waals surface area (Å²) in [5.74, 6) is -1.29. The van der Waals surface area contributed by atoms with Gasteiger partial charge in [0, 0.05) is 12.7 Å². The van der Waals surface area contributed by atoms with Crippen LogP contribution in [0.25, 0.3) is 0 Å². The van der Waals surface area contributed by atoms with Crippen molar-refractivity contribution in [3.05, 3.63) is 18.0 Å². The Balaban J connectivity index is 0.00000144. The SMILES string of the molecule is Br.CCn1nccc1C(C)C(=O)O. The Bertz CT molecular complexity index is 285. The lowest BCUT2D eigenvalue weighted by Crippen LogP contribution is -2.13. The van der Waals surface area contributed by atoms with Crippen LogP contribution in [0.15, 0.2) is 12.3 Å².